The van der Waals surface area contributed by atoms with E-state index in [9.17, 15) is 31.2 Å². The van der Waals surface area contributed by atoms with Gasteiger partial charge in [0.25, 0.3) is 10.0 Å². The number of nitrogens with one attached hydrogen (secondary N) is 1. The van der Waals surface area contributed by atoms with Crippen LogP contribution in [0.1, 0.15) is 18.1 Å². The van der Waals surface area contributed by atoms with Crippen molar-refractivity contribution in [2.45, 2.75) is 30.6 Å². The van der Waals surface area contributed by atoms with Crippen molar-refractivity contribution in [3.63, 3.8) is 0 Å². The molecule has 0 heterocycles. The molecule has 13 heteroatoms. The van der Waals surface area contributed by atoms with Gasteiger partial charge in [0.15, 0.2) is 0 Å². The Labute approximate surface area is 234 Å². The van der Waals surface area contributed by atoms with E-state index in [1.54, 1.807) is 30.3 Å². The van der Waals surface area contributed by atoms with Gasteiger partial charge in [0.2, 0.25) is 11.8 Å². The number of likely N-dealkylation sites (N-methyl/N-ethyl adjacent to an activating group) is 1. The predicted octanol–water partition coefficient (Wildman–Crippen LogP) is 5.37. The van der Waals surface area contributed by atoms with E-state index in [2.05, 4.69) is 5.32 Å². The van der Waals surface area contributed by atoms with Crippen LogP contribution >= 0.6 is 23.2 Å². The molecule has 0 saturated carbocycles. The molecule has 3 aromatic rings. The van der Waals surface area contributed by atoms with Crippen LogP contribution in [0, 0.1) is 0 Å². The van der Waals surface area contributed by atoms with Crippen LogP contribution in [0.3, 0.4) is 0 Å². The van der Waals surface area contributed by atoms with Crippen molar-refractivity contribution in [3.05, 3.63) is 94.0 Å². The van der Waals surface area contributed by atoms with E-state index in [0.717, 1.165) is 17.0 Å². The second kappa shape index (κ2) is 12.3. The molecule has 0 bridgehead atoms. The van der Waals surface area contributed by atoms with Gasteiger partial charge in [-0.3, -0.25) is 13.9 Å². The number of anilines is 1. The van der Waals surface area contributed by atoms with Crippen LogP contribution < -0.4 is 9.62 Å². The summed E-state index contributed by atoms with van der Waals surface area (Å²) in [4.78, 5) is 27.0. The first kappa shape index (κ1) is 30.3. The number of hydrogen-bond acceptors (Lipinski definition) is 4. The van der Waals surface area contributed by atoms with E-state index in [1.807, 2.05) is 0 Å². The fourth-order valence-electron chi connectivity index (χ4n) is 3.74. The van der Waals surface area contributed by atoms with Crippen molar-refractivity contribution >= 4 is 50.7 Å². The van der Waals surface area contributed by atoms with Crippen LogP contribution in [-0.2, 0) is 32.3 Å². The van der Waals surface area contributed by atoms with Crippen LogP contribution in [0.5, 0.6) is 0 Å². The van der Waals surface area contributed by atoms with E-state index in [-0.39, 0.29) is 11.4 Å². The van der Waals surface area contributed by atoms with Crippen molar-refractivity contribution in [2.24, 2.45) is 0 Å². The third-order valence-electron chi connectivity index (χ3n) is 5.87. The van der Waals surface area contributed by atoms with Crippen LogP contribution in [0.15, 0.2) is 77.7 Å². The summed E-state index contributed by atoms with van der Waals surface area (Å²) in [6, 6.07) is 15.0. The van der Waals surface area contributed by atoms with Crippen molar-refractivity contribution in [3.8, 4) is 0 Å². The molecule has 0 spiro atoms. The molecule has 0 aliphatic carbocycles. The molecule has 1 N–H and O–H groups in total. The van der Waals surface area contributed by atoms with Gasteiger partial charge in [0, 0.05) is 18.6 Å². The molecular weight excluding hydrogens is 578 g/mol. The molecule has 0 aliphatic heterocycles. The number of benzene rings is 3. The fourth-order valence-corrected chi connectivity index (χ4v) is 5.58. The molecule has 3 rings (SSSR count). The summed E-state index contributed by atoms with van der Waals surface area (Å²) in [5.41, 5.74) is -1.23. The molecule has 0 unspecified atom stereocenters. The maximum Gasteiger partial charge on any atom is 0.417 e. The lowest BCUT2D eigenvalue weighted by Gasteiger charge is -2.32. The molecule has 3 aromatic carbocycles. The lowest BCUT2D eigenvalue weighted by Crippen LogP contribution is -2.50. The van der Waals surface area contributed by atoms with Gasteiger partial charge in [-0.25, -0.2) is 8.42 Å². The minimum atomic E-state index is -4.89. The highest BCUT2D eigenvalue weighted by molar-refractivity contribution is 7.92. The Kier molecular flexibility index (Phi) is 9.52. The first-order chi connectivity index (χ1) is 18.3. The summed E-state index contributed by atoms with van der Waals surface area (Å²) in [6.45, 7) is 0.357. The van der Waals surface area contributed by atoms with E-state index >= 15 is 0 Å². The molecule has 208 valence electrons. The smallest absolute Gasteiger partial charge is 0.357 e. The quantitative estimate of drug-likeness (QED) is 0.357. The number of carbonyl (C=O) groups is 2. The Balaban J connectivity index is 2.12. The van der Waals surface area contributed by atoms with Crippen molar-refractivity contribution in [1.29, 1.82) is 0 Å². The number of amides is 2. The summed E-state index contributed by atoms with van der Waals surface area (Å²) in [5.74, 6) is -1.40. The number of halogens is 5. The van der Waals surface area contributed by atoms with Crippen molar-refractivity contribution in [1.82, 2.24) is 10.2 Å². The van der Waals surface area contributed by atoms with E-state index in [4.69, 9.17) is 23.2 Å². The number of hydrogen-bond donors (Lipinski definition) is 1. The summed E-state index contributed by atoms with van der Waals surface area (Å²) >= 11 is 12.0. The molecule has 2 amide bonds. The van der Waals surface area contributed by atoms with Gasteiger partial charge >= 0.3 is 6.18 Å². The van der Waals surface area contributed by atoms with E-state index < -0.39 is 56.9 Å². The molecule has 0 aliphatic rings. The zero-order chi connectivity index (χ0) is 29.0. The van der Waals surface area contributed by atoms with Crippen LogP contribution in [0.25, 0.3) is 0 Å². The SMILES string of the molecule is CNC(=O)[C@@H](C)N(Cc1ccccc1Cl)C(=O)CN(c1ccc(Cl)c(C(F)(F)F)c1)S(=O)(=O)c1ccccc1. The predicted molar refractivity (Wildman–Crippen MR) is 143 cm³/mol. The second-order valence-corrected chi connectivity index (χ2v) is 11.1. The zero-order valence-corrected chi connectivity index (χ0v) is 23.1. The summed E-state index contributed by atoms with van der Waals surface area (Å²) in [6.07, 6.45) is -4.89. The van der Waals surface area contributed by atoms with Gasteiger partial charge in [-0.05, 0) is 48.9 Å². The molecular formula is C26H24Cl2F3N3O4S. The van der Waals surface area contributed by atoms with Crippen molar-refractivity contribution < 1.29 is 31.2 Å². The van der Waals surface area contributed by atoms with Gasteiger partial charge in [0.1, 0.15) is 12.6 Å². The number of carbonyl (C=O) groups excluding carboxylic acids is 2. The molecule has 1 atom stereocenters. The van der Waals surface area contributed by atoms with Gasteiger partial charge in [-0.2, -0.15) is 13.2 Å². The Bertz CT molecular complexity index is 1450. The molecule has 7 nitrogen and oxygen atoms in total. The molecule has 0 aromatic heterocycles. The first-order valence-corrected chi connectivity index (χ1v) is 13.7. The summed E-state index contributed by atoms with van der Waals surface area (Å²) in [5, 5.41) is 2.10. The normalized spacial score (nSPS) is 12.5. The Morgan fingerprint density at radius 3 is 2.15 bits per heavy atom. The number of alkyl halides is 3. The summed E-state index contributed by atoms with van der Waals surface area (Å²) < 4.78 is 68.8. The van der Waals surface area contributed by atoms with Crippen LogP contribution in [0.4, 0.5) is 18.9 Å². The van der Waals surface area contributed by atoms with Gasteiger partial charge in [-0.1, -0.05) is 59.6 Å². The average Bonchev–Trinajstić information content (AvgIpc) is 2.90. The molecule has 0 radical (unpaired) electrons. The van der Waals surface area contributed by atoms with E-state index in [0.29, 0.717) is 21.0 Å². The third-order valence-corrected chi connectivity index (χ3v) is 8.35. The van der Waals surface area contributed by atoms with Gasteiger partial charge in [-0.15, -0.1) is 0 Å². The molecule has 0 fully saturated rings. The highest BCUT2D eigenvalue weighted by atomic mass is 35.5. The summed E-state index contributed by atoms with van der Waals surface area (Å²) in [7, 11) is -3.17. The maximum atomic E-state index is 13.7. The standard InChI is InChI=1S/C26H24Cl2F3N3O4S/c1-17(25(36)32-2)33(15-18-8-6-7-11-22(18)27)24(35)16-34(39(37,38)20-9-4-3-5-10-20)19-12-13-23(28)21(14-19)26(29,30)31/h3-14,17H,15-16H2,1-2H3,(H,32,36)/t17-/m1/s1. The third kappa shape index (κ3) is 7.03. The van der Waals surface area contributed by atoms with Gasteiger partial charge < -0.3 is 10.2 Å². The van der Waals surface area contributed by atoms with Gasteiger partial charge in [0.05, 0.1) is 21.2 Å². The average molecular weight is 602 g/mol. The monoisotopic (exact) mass is 601 g/mol. The lowest BCUT2D eigenvalue weighted by atomic mass is 10.1. The van der Waals surface area contributed by atoms with E-state index in [1.165, 1.54) is 38.2 Å². The Morgan fingerprint density at radius 2 is 1.56 bits per heavy atom. The number of nitrogens with zero attached hydrogens (tertiary/aromatic N) is 2. The zero-order valence-electron chi connectivity index (χ0n) is 20.7. The Hall–Kier alpha value is -3.28. The van der Waals surface area contributed by atoms with Crippen molar-refractivity contribution in [2.75, 3.05) is 17.9 Å². The topological polar surface area (TPSA) is 86.8 Å². The lowest BCUT2D eigenvalue weighted by molar-refractivity contribution is -0.139. The number of rotatable bonds is 9. The largest absolute Gasteiger partial charge is 0.417 e. The molecule has 0 saturated heterocycles. The second-order valence-electron chi connectivity index (χ2n) is 8.39. The highest BCUT2D eigenvalue weighted by Crippen LogP contribution is 2.38. The minimum absolute atomic E-state index is 0.166. The van der Waals surface area contributed by atoms with Crippen LogP contribution in [-0.4, -0.2) is 44.8 Å². The Morgan fingerprint density at radius 1 is 0.949 bits per heavy atom. The first-order valence-electron chi connectivity index (χ1n) is 11.5. The minimum Gasteiger partial charge on any atom is -0.357 e. The molecule has 39 heavy (non-hydrogen) atoms. The van der Waals surface area contributed by atoms with Crippen LogP contribution in [0.2, 0.25) is 10.0 Å². The highest BCUT2D eigenvalue weighted by Gasteiger charge is 2.37. The number of sulfonamides is 1. The fraction of sp³-hybridized carbons (Fsp3) is 0.231. The maximum absolute atomic E-state index is 13.7.